The molecule has 5 aliphatic rings. The molecule has 16 heteroatoms. The van der Waals surface area contributed by atoms with Crippen LogP contribution in [0.5, 0.6) is 0 Å². The highest BCUT2D eigenvalue weighted by molar-refractivity contribution is 14.1. The van der Waals surface area contributed by atoms with Crippen LogP contribution in [-0.2, 0) is 29.8 Å². The molecular formula is C29H22F8INO5S. The number of rotatable bonds is 6. The summed E-state index contributed by atoms with van der Waals surface area (Å²) in [5.41, 5.74) is -9.51. The molecule has 0 bridgehead atoms. The van der Waals surface area contributed by atoms with Crippen LogP contribution in [0.3, 0.4) is 0 Å². The number of alkyl halides is 8. The van der Waals surface area contributed by atoms with Crippen LogP contribution in [-0.4, -0.2) is 59.7 Å². The highest BCUT2D eigenvalue weighted by atomic mass is 127. The first kappa shape index (κ1) is 31.1. The van der Waals surface area contributed by atoms with Crippen molar-refractivity contribution in [2.24, 2.45) is 34.5 Å². The monoisotopic (exact) mass is 775 g/mol. The van der Waals surface area contributed by atoms with Crippen LogP contribution >= 0.6 is 22.6 Å². The van der Waals surface area contributed by atoms with Gasteiger partial charge in [0.05, 0.1) is 15.7 Å². The van der Waals surface area contributed by atoms with E-state index in [-0.39, 0.29) is 64.2 Å². The second-order valence-corrected chi connectivity index (χ2v) is 16.3. The lowest BCUT2D eigenvalue weighted by Crippen LogP contribution is -2.98. The number of hydrogen-bond acceptors (Lipinski definition) is 4. The fraction of sp³-hybridized carbons (Fsp3) is 0.517. The molecule has 6 nitrogen and oxygen atoms in total. The van der Waals surface area contributed by atoms with Crippen molar-refractivity contribution in [3.05, 3.63) is 65.5 Å². The molecule has 2 aromatic rings. The lowest BCUT2D eigenvalue weighted by molar-refractivity contribution is -0.439. The summed E-state index contributed by atoms with van der Waals surface area (Å²) in [4.78, 5) is 27.1. The smallest absolute Gasteiger partial charge is 0.435 e. The number of nitrogens with zero attached hydrogens (tertiary/aromatic N) is 1. The normalized spacial score (nSPS) is 36.6. The number of halogens is 9. The molecule has 5 fully saturated rings. The van der Waals surface area contributed by atoms with Crippen molar-refractivity contribution in [3.63, 3.8) is 0 Å². The molecule has 1 amide bonds. The number of fused-ring (bicyclic) bond motifs is 2. The van der Waals surface area contributed by atoms with Crippen molar-refractivity contribution in [1.82, 2.24) is 4.90 Å². The largest absolute Gasteiger partial charge is 0.481 e. The van der Waals surface area contributed by atoms with Crippen molar-refractivity contribution >= 4 is 44.3 Å². The molecule has 0 radical (unpaired) electrons. The summed E-state index contributed by atoms with van der Waals surface area (Å²) in [5.74, 6) is -2.71. The molecule has 8 atom stereocenters. The van der Waals surface area contributed by atoms with E-state index < -0.39 is 72.2 Å². The minimum absolute atomic E-state index is 0.136. The fourth-order valence-corrected chi connectivity index (χ4v) is 13.7. The van der Waals surface area contributed by atoms with Crippen LogP contribution in [0.4, 0.5) is 35.1 Å². The summed E-state index contributed by atoms with van der Waals surface area (Å²) in [5, 5.41) is 9.83. The van der Waals surface area contributed by atoms with Crippen molar-refractivity contribution < 1.29 is 58.2 Å². The Morgan fingerprint density at radius 1 is 0.889 bits per heavy atom. The van der Waals surface area contributed by atoms with Gasteiger partial charge in [0.2, 0.25) is 5.91 Å². The van der Waals surface area contributed by atoms with E-state index in [0.717, 1.165) is 24.3 Å². The van der Waals surface area contributed by atoms with Crippen LogP contribution in [0.2, 0.25) is 0 Å². The molecule has 1 N–H and O–H groups in total. The number of carbonyl (C=O) groups excluding carboxylic acids is 1. The third-order valence-corrected chi connectivity index (χ3v) is 15.7. The molecule has 7 rings (SSSR count). The van der Waals surface area contributed by atoms with Gasteiger partial charge in [-0.15, -0.1) is 0 Å². The van der Waals surface area contributed by atoms with Crippen LogP contribution in [0, 0.1) is 40.3 Å². The van der Waals surface area contributed by atoms with Crippen LogP contribution in [0.25, 0.3) is 0 Å². The van der Waals surface area contributed by atoms with Gasteiger partial charge in [0.1, 0.15) is 10.6 Å². The highest BCUT2D eigenvalue weighted by Crippen LogP contribution is 2.96. The molecule has 0 spiro atoms. The Morgan fingerprint density at radius 2 is 1.47 bits per heavy atom. The first-order valence-electron chi connectivity index (χ1n) is 13.8. The third-order valence-electron chi connectivity index (χ3n) is 11.4. The van der Waals surface area contributed by atoms with Gasteiger partial charge in [0.15, 0.2) is 9.84 Å². The van der Waals surface area contributed by atoms with Crippen LogP contribution < -0.4 is 0 Å². The van der Waals surface area contributed by atoms with Gasteiger partial charge in [-0.1, -0.05) is 46.9 Å². The van der Waals surface area contributed by atoms with E-state index in [9.17, 15) is 58.2 Å². The number of carbonyl (C=O) groups is 2. The zero-order valence-corrected chi connectivity index (χ0v) is 25.6. The van der Waals surface area contributed by atoms with Gasteiger partial charge in [0, 0.05) is 22.6 Å². The van der Waals surface area contributed by atoms with Gasteiger partial charge in [-0.3, -0.25) is 9.59 Å². The van der Waals surface area contributed by atoms with Crippen molar-refractivity contribution in [3.8, 4) is 0 Å². The number of benzene rings is 2. The fourth-order valence-electron chi connectivity index (χ4n) is 9.34. The summed E-state index contributed by atoms with van der Waals surface area (Å²) in [6, 6.07) is 5.53. The highest BCUT2D eigenvalue weighted by Gasteiger charge is 2.99. The molecule has 2 aromatic carbocycles. The van der Waals surface area contributed by atoms with E-state index in [4.69, 9.17) is 0 Å². The summed E-state index contributed by atoms with van der Waals surface area (Å²) in [7, 11) is -4.59. The van der Waals surface area contributed by atoms with E-state index in [2.05, 4.69) is 22.6 Å². The standard InChI is InChI=1S/C29H22F8INO5S/c30-15-5-7-16(8-6-15)45(43,44)24(13-1-3-14(4-2-13)27(31,28(32,33)34)29(35,36)37)9-10-39(12-24)22(40)26-17-11-25(23(41)42)18(17)19(26)20(25)21(26)38/h1-8,17-21H,9-12H2,(H,41,42)/t17?,18?,19?,20?,21?,24-,25?,26?/m0/s1. The maximum absolute atomic E-state index is 14.8. The van der Waals surface area contributed by atoms with Crippen molar-refractivity contribution in [2.45, 2.75) is 44.4 Å². The second-order valence-electron chi connectivity index (χ2n) is 12.7. The Bertz CT molecular complexity index is 1720. The van der Waals surface area contributed by atoms with E-state index >= 15 is 0 Å². The predicted molar refractivity (Wildman–Crippen MR) is 147 cm³/mol. The zero-order chi connectivity index (χ0) is 32.9. The first-order valence-corrected chi connectivity index (χ1v) is 16.6. The minimum atomic E-state index is -6.38. The average Bonchev–Trinajstić information content (AvgIpc) is 3.42. The SMILES string of the molecule is O=C(O)C12CC3C1C1C2C(I)C31C(=O)N1CC[C@](c2ccc(C(F)(C(F)(F)F)C(F)(F)F)cc2)(S(=O)(=O)c2ccc(F)cc2)C1. The van der Waals surface area contributed by atoms with Gasteiger partial charge in [-0.05, 0) is 66.3 Å². The number of aliphatic carboxylic acids is 1. The number of likely N-dealkylation sites (tertiary alicyclic amines) is 1. The van der Waals surface area contributed by atoms with E-state index in [1.165, 1.54) is 4.90 Å². The number of carboxylic acids is 1. The summed E-state index contributed by atoms with van der Waals surface area (Å²) in [6.07, 6.45) is -12.7. The Labute approximate surface area is 264 Å². The van der Waals surface area contributed by atoms with Crippen LogP contribution in [0.15, 0.2) is 53.4 Å². The first-order chi connectivity index (χ1) is 20.7. The molecule has 242 valence electrons. The van der Waals surface area contributed by atoms with Gasteiger partial charge < -0.3 is 10.0 Å². The molecule has 45 heavy (non-hydrogen) atoms. The molecular weight excluding hydrogens is 753 g/mol. The molecule has 4 aliphatic carbocycles. The van der Waals surface area contributed by atoms with E-state index in [1.54, 1.807) is 0 Å². The Balaban J connectivity index is 1.27. The number of amides is 1. The Hall–Kier alpha value is -2.50. The summed E-state index contributed by atoms with van der Waals surface area (Å²) < 4.78 is 135. The lowest BCUT2D eigenvalue weighted by atomic mass is 9.09. The van der Waals surface area contributed by atoms with Crippen LogP contribution in [0.1, 0.15) is 24.0 Å². The van der Waals surface area contributed by atoms with E-state index in [0.29, 0.717) is 18.6 Å². The molecule has 1 heterocycles. The Morgan fingerprint density at radius 3 is 1.93 bits per heavy atom. The topological polar surface area (TPSA) is 91.8 Å². The number of carboxylic acid groups (broad SMARTS) is 1. The third kappa shape index (κ3) is 3.28. The Kier molecular flexibility index (Phi) is 6.15. The molecule has 1 saturated heterocycles. The zero-order valence-electron chi connectivity index (χ0n) is 22.7. The number of hydrogen-bond donors (Lipinski definition) is 1. The predicted octanol–water partition coefficient (Wildman–Crippen LogP) is 5.79. The molecule has 7 unspecified atom stereocenters. The maximum atomic E-state index is 14.8. The lowest BCUT2D eigenvalue weighted by Gasteiger charge is -2.94. The summed E-state index contributed by atoms with van der Waals surface area (Å²) in [6.45, 7) is -0.655. The van der Waals surface area contributed by atoms with Gasteiger partial charge >= 0.3 is 24.0 Å². The van der Waals surface area contributed by atoms with Crippen molar-refractivity contribution in [1.29, 1.82) is 0 Å². The van der Waals surface area contributed by atoms with E-state index in [1.807, 2.05) is 0 Å². The molecule has 0 aromatic heterocycles. The molecule has 1 aliphatic heterocycles. The van der Waals surface area contributed by atoms with Crippen molar-refractivity contribution in [2.75, 3.05) is 13.1 Å². The quantitative estimate of drug-likeness (QED) is 0.174. The summed E-state index contributed by atoms with van der Waals surface area (Å²) >= 11 is 2.08. The van der Waals surface area contributed by atoms with Gasteiger partial charge in [-0.2, -0.15) is 26.3 Å². The second kappa shape index (κ2) is 8.89. The average molecular weight is 775 g/mol. The maximum Gasteiger partial charge on any atom is 0.435 e. The molecule has 4 saturated carbocycles. The minimum Gasteiger partial charge on any atom is -0.481 e. The van der Waals surface area contributed by atoms with Gasteiger partial charge in [-0.25, -0.2) is 17.2 Å². The van der Waals surface area contributed by atoms with Gasteiger partial charge in [0.25, 0.3) is 0 Å². The number of sulfone groups is 1.